The largest absolute Gasteiger partial charge is 0.359 e. The van der Waals surface area contributed by atoms with Crippen LogP contribution in [0.15, 0.2) is 103 Å². The lowest BCUT2D eigenvalue weighted by atomic mass is 9.85. The van der Waals surface area contributed by atoms with Crippen LogP contribution in [-0.2, 0) is 9.59 Å². The number of fused-ring (bicyclic) bond motifs is 3. The highest BCUT2D eigenvalue weighted by molar-refractivity contribution is 6.31. The normalized spacial score (nSPS) is 23.8. The molecule has 3 aliphatic rings. The van der Waals surface area contributed by atoms with Gasteiger partial charge in [0.25, 0.3) is 0 Å². The van der Waals surface area contributed by atoms with Crippen LogP contribution in [0, 0.1) is 11.8 Å². The summed E-state index contributed by atoms with van der Waals surface area (Å²) in [6.45, 7) is 0. The second-order valence-corrected chi connectivity index (χ2v) is 10.3. The highest BCUT2D eigenvalue weighted by atomic mass is 35.5. The van der Waals surface area contributed by atoms with Crippen LogP contribution in [0.4, 0.5) is 5.69 Å². The maximum Gasteiger partial charge on any atom is 0.240 e. The number of nitrogens with zero attached hydrogens (tertiary/aromatic N) is 2. The Bertz CT molecular complexity index is 1530. The highest BCUT2D eigenvalue weighted by Gasteiger charge is 2.63. The summed E-state index contributed by atoms with van der Waals surface area (Å²) in [5.74, 6) is -3.14. The molecular formula is C30H20Cl2N2O4. The Hall–Kier alpha value is -4.00. The van der Waals surface area contributed by atoms with Crippen LogP contribution < -0.4 is 4.90 Å². The van der Waals surface area contributed by atoms with Gasteiger partial charge in [-0.15, -0.1) is 0 Å². The Balaban J connectivity index is 1.43. The van der Waals surface area contributed by atoms with Crippen molar-refractivity contribution in [3.63, 3.8) is 0 Å². The molecule has 3 aliphatic heterocycles. The zero-order valence-corrected chi connectivity index (χ0v) is 21.3. The van der Waals surface area contributed by atoms with Gasteiger partial charge < -0.3 is 4.90 Å². The molecule has 4 atom stereocenters. The molecule has 2 saturated heterocycles. The zero-order valence-electron chi connectivity index (χ0n) is 19.8. The Morgan fingerprint density at radius 3 is 1.97 bits per heavy atom. The lowest BCUT2D eigenvalue weighted by molar-refractivity contribution is -0.123. The molecule has 0 radical (unpaired) electrons. The van der Waals surface area contributed by atoms with Crippen molar-refractivity contribution in [1.82, 2.24) is 4.90 Å². The van der Waals surface area contributed by atoms with Gasteiger partial charge in [-0.05, 0) is 54.6 Å². The van der Waals surface area contributed by atoms with Crippen molar-refractivity contribution in [3.8, 4) is 0 Å². The maximum absolute atomic E-state index is 13.8. The molecule has 38 heavy (non-hydrogen) atoms. The van der Waals surface area contributed by atoms with Gasteiger partial charge in [0.05, 0.1) is 23.6 Å². The van der Waals surface area contributed by atoms with Crippen LogP contribution in [0.3, 0.4) is 0 Å². The standard InChI is InChI=1S/C30H20Cl2N2O4/c31-20-8-6-18(7-9-20)28(36)26-25-24(29(37)34(30(25)38)22-12-10-21(32)11-13-22)23-16-19(14-15-33(23)26)27(35)17-4-2-1-3-5-17/h1-16,23-26H/t23-,24+,25-,26+/m0/s1. The molecule has 2 fully saturated rings. The van der Waals surface area contributed by atoms with Gasteiger partial charge in [-0.2, -0.15) is 0 Å². The molecule has 6 rings (SSSR count). The van der Waals surface area contributed by atoms with Crippen molar-refractivity contribution >= 4 is 52.3 Å². The molecule has 0 unspecified atom stereocenters. The van der Waals surface area contributed by atoms with Crippen molar-refractivity contribution in [1.29, 1.82) is 0 Å². The number of carbonyl (C=O) groups excluding carboxylic acids is 4. The van der Waals surface area contributed by atoms with Crippen molar-refractivity contribution in [2.75, 3.05) is 4.90 Å². The predicted molar refractivity (Wildman–Crippen MR) is 144 cm³/mol. The molecule has 2 amide bonds. The molecule has 0 aliphatic carbocycles. The van der Waals surface area contributed by atoms with E-state index in [2.05, 4.69) is 0 Å². The molecule has 0 N–H and O–H groups in total. The van der Waals surface area contributed by atoms with Crippen molar-refractivity contribution in [3.05, 3.63) is 124 Å². The second-order valence-electron chi connectivity index (χ2n) is 9.43. The zero-order chi connectivity index (χ0) is 26.6. The molecule has 0 spiro atoms. The lowest BCUT2D eigenvalue weighted by Crippen LogP contribution is -2.46. The van der Waals surface area contributed by atoms with Crippen molar-refractivity contribution in [2.24, 2.45) is 11.8 Å². The summed E-state index contributed by atoms with van der Waals surface area (Å²) < 4.78 is 0. The number of benzene rings is 3. The van der Waals surface area contributed by atoms with Crippen molar-refractivity contribution in [2.45, 2.75) is 12.1 Å². The van der Waals surface area contributed by atoms with Crippen LogP contribution >= 0.6 is 23.2 Å². The van der Waals surface area contributed by atoms with Gasteiger partial charge in [-0.3, -0.25) is 19.2 Å². The van der Waals surface area contributed by atoms with E-state index < -0.39 is 35.7 Å². The van der Waals surface area contributed by atoms with E-state index >= 15 is 0 Å². The molecule has 3 aromatic rings. The first kappa shape index (κ1) is 24.3. The SMILES string of the molecule is O=C(C1=C[C@H]2[C@H]3C(=O)N(c4ccc(Cl)cc4)C(=O)[C@@H]3[C@H](C(=O)c3ccc(Cl)cc3)N2C=C1)c1ccccc1. The molecule has 8 heteroatoms. The number of halogens is 2. The number of Topliss-reactive ketones (excluding diaryl/α,β-unsaturated/α-hetero) is 2. The Morgan fingerprint density at radius 2 is 1.32 bits per heavy atom. The molecule has 3 heterocycles. The van der Waals surface area contributed by atoms with Gasteiger partial charge in [0.2, 0.25) is 11.8 Å². The number of rotatable bonds is 5. The average Bonchev–Trinajstić information content (AvgIpc) is 3.41. The average molecular weight is 543 g/mol. The Labute approximate surface area is 228 Å². The molecule has 0 bridgehead atoms. The lowest BCUT2D eigenvalue weighted by Gasteiger charge is -2.32. The number of ketones is 2. The topological polar surface area (TPSA) is 74.8 Å². The summed E-state index contributed by atoms with van der Waals surface area (Å²) in [5, 5.41) is 0.953. The molecule has 0 aromatic heterocycles. The summed E-state index contributed by atoms with van der Waals surface area (Å²) >= 11 is 12.0. The van der Waals surface area contributed by atoms with Crippen molar-refractivity contribution < 1.29 is 19.2 Å². The fraction of sp³-hybridized carbons (Fsp3) is 0.133. The fourth-order valence-electron chi connectivity index (χ4n) is 5.58. The predicted octanol–water partition coefficient (Wildman–Crippen LogP) is 5.37. The molecule has 188 valence electrons. The van der Waals surface area contributed by atoms with Crippen LogP contribution in [0.2, 0.25) is 10.0 Å². The Kier molecular flexibility index (Phi) is 6.01. The minimum atomic E-state index is -0.932. The van der Waals surface area contributed by atoms with Crippen LogP contribution in [0.5, 0.6) is 0 Å². The van der Waals surface area contributed by atoms with E-state index in [4.69, 9.17) is 23.2 Å². The number of hydrogen-bond acceptors (Lipinski definition) is 5. The second kappa shape index (κ2) is 9.39. The summed E-state index contributed by atoms with van der Waals surface area (Å²) in [7, 11) is 0. The summed E-state index contributed by atoms with van der Waals surface area (Å²) in [4.78, 5) is 57.6. The van der Waals surface area contributed by atoms with Gasteiger partial charge in [-0.1, -0.05) is 59.6 Å². The number of hydrogen-bond donors (Lipinski definition) is 0. The first-order valence-electron chi connectivity index (χ1n) is 12.1. The van der Waals surface area contributed by atoms with E-state index in [0.29, 0.717) is 32.4 Å². The number of carbonyl (C=O) groups is 4. The third-order valence-corrected chi connectivity index (χ3v) is 7.83. The number of imide groups is 1. The molecule has 3 aromatic carbocycles. The third-order valence-electron chi connectivity index (χ3n) is 7.33. The van der Waals surface area contributed by atoms with Gasteiger partial charge in [0, 0.05) is 32.9 Å². The van der Waals surface area contributed by atoms with E-state index in [1.807, 2.05) is 6.07 Å². The van der Waals surface area contributed by atoms with Crippen LogP contribution in [0.25, 0.3) is 0 Å². The van der Waals surface area contributed by atoms with E-state index in [1.165, 1.54) is 0 Å². The van der Waals surface area contributed by atoms with E-state index in [-0.39, 0.29) is 11.6 Å². The van der Waals surface area contributed by atoms with E-state index in [9.17, 15) is 19.2 Å². The first-order valence-corrected chi connectivity index (χ1v) is 12.8. The molecule has 0 saturated carbocycles. The van der Waals surface area contributed by atoms with E-state index in [0.717, 1.165) is 4.90 Å². The van der Waals surface area contributed by atoms with Gasteiger partial charge in [0.1, 0.15) is 6.04 Å². The Morgan fingerprint density at radius 1 is 0.711 bits per heavy atom. The minimum absolute atomic E-state index is 0.197. The quantitative estimate of drug-likeness (QED) is 0.320. The first-order chi connectivity index (χ1) is 18.3. The van der Waals surface area contributed by atoms with Crippen LogP contribution in [-0.4, -0.2) is 40.4 Å². The van der Waals surface area contributed by atoms with Gasteiger partial charge in [-0.25, -0.2) is 4.90 Å². The summed E-state index contributed by atoms with van der Waals surface area (Å²) in [5.41, 5.74) is 1.68. The summed E-state index contributed by atoms with van der Waals surface area (Å²) in [6, 6.07) is 20.1. The molecule has 6 nitrogen and oxygen atoms in total. The fourth-order valence-corrected chi connectivity index (χ4v) is 5.84. The number of amides is 2. The van der Waals surface area contributed by atoms with Crippen LogP contribution in [0.1, 0.15) is 20.7 Å². The third kappa shape index (κ3) is 3.88. The highest BCUT2D eigenvalue weighted by Crippen LogP contribution is 2.47. The van der Waals surface area contributed by atoms with Gasteiger partial charge >= 0.3 is 0 Å². The smallest absolute Gasteiger partial charge is 0.240 e. The number of anilines is 1. The monoisotopic (exact) mass is 542 g/mol. The molecular weight excluding hydrogens is 523 g/mol. The van der Waals surface area contributed by atoms with E-state index in [1.54, 1.807) is 96.0 Å². The number of allylic oxidation sites excluding steroid dienone is 2. The maximum atomic E-state index is 13.8. The summed E-state index contributed by atoms with van der Waals surface area (Å²) in [6.07, 6.45) is 5.00. The van der Waals surface area contributed by atoms with Gasteiger partial charge in [0.15, 0.2) is 11.6 Å². The minimum Gasteiger partial charge on any atom is -0.359 e.